The van der Waals surface area contributed by atoms with Crippen LogP contribution in [0.3, 0.4) is 0 Å². The van der Waals surface area contributed by atoms with E-state index in [-0.39, 0.29) is 0 Å². The molecule has 1 unspecified atom stereocenters. The van der Waals surface area contributed by atoms with Gasteiger partial charge in [-0.15, -0.1) is 0 Å². The zero-order chi connectivity index (χ0) is 17.3. The van der Waals surface area contributed by atoms with Gasteiger partial charge in [-0.3, -0.25) is 0 Å². The minimum Gasteiger partial charge on any atom is -0.394 e. The van der Waals surface area contributed by atoms with Crippen LogP contribution in [0.4, 0.5) is 0 Å². The summed E-state index contributed by atoms with van der Waals surface area (Å²) in [6, 6.07) is 0. The maximum Gasteiger partial charge on any atom is 0.187 e. The van der Waals surface area contributed by atoms with Crippen LogP contribution in [-0.2, 0) is 14.2 Å². The van der Waals surface area contributed by atoms with Crippen molar-refractivity contribution in [3.63, 3.8) is 0 Å². The summed E-state index contributed by atoms with van der Waals surface area (Å²) < 4.78 is 15.3. The van der Waals surface area contributed by atoms with Gasteiger partial charge in [0, 0.05) is 0 Å². The van der Waals surface area contributed by atoms with Crippen molar-refractivity contribution in [2.24, 2.45) is 0 Å². The average Bonchev–Trinajstić information content (AvgIpc) is 2.55. The molecule has 2 rings (SSSR count). The van der Waals surface area contributed by atoms with Crippen molar-refractivity contribution < 1.29 is 55.1 Å². The number of aliphatic hydroxyl groups excluding tert-OH is 8. The molecule has 0 aromatic rings. The molecule has 2 heterocycles. The molecule has 0 spiro atoms. The first-order valence-electron chi connectivity index (χ1n) is 7.08. The highest BCUT2D eigenvalue weighted by atomic mass is 16.7. The van der Waals surface area contributed by atoms with Gasteiger partial charge in [-0.25, -0.2) is 0 Å². The van der Waals surface area contributed by atoms with Crippen LogP contribution < -0.4 is 0 Å². The van der Waals surface area contributed by atoms with Crippen LogP contribution in [-0.4, -0.2) is 115 Å². The van der Waals surface area contributed by atoms with E-state index in [4.69, 9.17) is 19.3 Å². The Morgan fingerprint density at radius 2 is 1.26 bits per heavy atom. The Hall–Kier alpha value is -0.440. The van der Waals surface area contributed by atoms with Crippen LogP contribution in [0.2, 0.25) is 0 Å². The van der Waals surface area contributed by atoms with Gasteiger partial charge in [-0.1, -0.05) is 0 Å². The minimum absolute atomic E-state index is 0.667. The summed E-state index contributed by atoms with van der Waals surface area (Å²) in [6.45, 7) is -1.35. The molecular formula is C12H22O11. The van der Waals surface area contributed by atoms with Gasteiger partial charge in [0.15, 0.2) is 12.6 Å². The largest absolute Gasteiger partial charge is 0.394 e. The molecule has 2 aliphatic heterocycles. The van der Waals surface area contributed by atoms with Crippen molar-refractivity contribution in [2.75, 3.05) is 13.2 Å². The maximum absolute atomic E-state index is 9.94. The summed E-state index contributed by atoms with van der Waals surface area (Å²) in [5, 5.41) is 76.5. The summed E-state index contributed by atoms with van der Waals surface area (Å²) in [6.07, 6.45) is -15.6. The zero-order valence-corrected chi connectivity index (χ0v) is 12.0. The summed E-state index contributed by atoms with van der Waals surface area (Å²) in [7, 11) is 0. The Labute approximate surface area is 130 Å². The molecule has 0 aromatic heterocycles. The first-order valence-corrected chi connectivity index (χ1v) is 7.08. The van der Waals surface area contributed by atoms with Crippen molar-refractivity contribution in [2.45, 2.75) is 61.4 Å². The second-order valence-corrected chi connectivity index (χ2v) is 5.53. The van der Waals surface area contributed by atoms with E-state index in [1.54, 1.807) is 0 Å². The fourth-order valence-corrected chi connectivity index (χ4v) is 2.57. The van der Waals surface area contributed by atoms with E-state index < -0.39 is 74.6 Å². The second-order valence-electron chi connectivity index (χ2n) is 5.53. The molecule has 0 amide bonds. The van der Waals surface area contributed by atoms with E-state index in [0.29, 0.717) is 0 Å². The molecule has 2 saturated heterocycles. The van der Waals surface area contributed by atoms with Gasteiger partial charge in [0.1, 0.15) is 48.8 Å². The minimum atomic E-state index is -1.74. The topological polar surface area (TPSA) is 190 Å². The van der Waals surface area contributed by atoms with Gasteiger partial charge in [-0.2, -0.15) is 0 Å². The lowest BCUT2D eigenvalue weighted by Crippen LogP contribution is -2.64. The highest BCUT2D eigenvalue weighted by molar-refractivity contribution is 4.93. The quantitative estimate of drug-likeness (QED) is 0.243. The monoisotopic (exact) mass is 342 g/mol. The van der Waals surface area contributed by atoms with Crippen LogP contribution >= 0.6 is 0 Å². The molecule has 11 nitrogen and oxygen atoms in total. The van der Waals surface area contributed by atoms with Gasteiger partial charge in [0.25, 0.3) is 0 Å². The fraction of sp³-hybridized carbons (Fsp3) is 1.00. The summed E-state index contributed by atoms with van der Waals surface area (Å²) in [4.78, 5) is 0. The molecule has 2 aliphatic rings. The van der Waals surface area contributed by atoms with Crippen LogP contribution in [0.25, 0.3) is 0 Å². The lowest BCUT2D eigenvalue weighted by molar-refractivity contribution is -0.355. The molecule has 0 saturated carbocycles. The first kappa shape index (κ1) is 18.9. The van der Waals surface area contributed by atoms with E-state index in [1.165, 1.54) is 0 Å². The lowest BCUT2D eigenvalue weighted by Gasteiger charge is -2.45. The molecule has 0 aromatic carbocycles. The molecule has 0 aliphatic carbocycles. The smallest absolute Gasteiger partial charge is 0.187 e. The summed E-state index contributed by atoms with van der Waals surface area (Å²) in [5.41, 5.74) is 0. The Morgan fingerprint density at radius 1 is 0.652 bits per heavy atom. The summed E-state index contributed by atoms with van der Waals surface area (Å²) in [5.74, 6) is 0. The molecule has 0 bridgehead atoms. The maximum atomic E-state index is 9.94. The number of ether oxygens (including phenoxy) is 3. The van der Waals surface area contributed by atoms with Crippen molar-refractivity contribution >= 4 is 0 Å². The predicted molar refractivity (Wildman–Crippen MR) is 68.6 cm³/mol. The molecule has 136 valence electrons. The predicted octanol–water partition coefficient (Wildman–Crippen LogP) is -5.40. The number of aliphatic hydroxyl groups is 8. The number of rotatable bonds is 4. The van der Waals surface area contributed by atoms with Gasteiger partial charge >= 0.3 is 0 Å². The Kier molecular flexibility index (Phi) is 6.27. The first-order chi connectivity index (χ1) is 10.8. The van der Waals surface area contributed by atoms with Gasteiger partial charge in [0.2, 0.25) is 0 Å². The van der Waals surface area contributed by atoms with Gasteiger partial charge in [-0.05, 0) is 0 Å². The molecule has 2 fully saturated rings. The van der Waals surface area contributed by atoms with Crippen LogP contribution in [0, 0.1) is 0 Å². The molecular weight excluding hydrogens is 320 g/mol. The standard InChI is InChI=1S/C12H22O11/c13-1-3-5(15)6(16)9(19)12(22-3)23-10-4(2-14)21-11(20)8(18)7(10)17/h3-20H,1-2H2/t3-,4+,5?,6+,7+,8+,9-,10+,11+,12+/m1/s1. The molecule has 11 heteroatoms. The molecule has 0 radical (unpaired) electrons. The number of hydrogen-bond acceptors (Lipinski definition) is 11. The molecule has 23 heavy (non-hydrogen) atoms. The second kappa shape index (κ2) is 7.63. The van der Waals surface area contributed by atoms with E-state index in [1.807, 2.05) is 0 Å². The molecule has 10 atom stereocenters. The Balaban J connectivity index is 2.11. The Bertz CT molecular complexity index is 378. The third kappa shape index (κ3) is 3.65. The third-order valence-corrected chi connectivity index (χ3v) is 3.98. The molecule has 8 N–H and O–H groups in total. The van der Waals surface area contributed by atoms with Crippen molar-refractivity contribution in [1.82, 2.24) is 0 Å². The van der Waals surface area contributed by atoms with Crippen LogP contribution in [0.15, 0.2) is 0 Å². The van der Waals surface area contributed by atoms with Crippen molar-refractivity contribution in [1.29, 1.82) is 0 Å². The van der Waals surface area contributed by atoms with Crippen LogP contribution in [0.1, 0.15) is 0 Å². The summed E-state index contributed by atoms with van der Waals surface area (Å²) >= 11 is 0. The fourth-order valence-electron chi connectivity index (χ4n) is 2.57. The van der Waals surface area contributed by atoms with Crippen molar-refractivity contribution in [3.05, 3.63) is 0 Å². The highest BCUT2D eigenvalue weighted by Gasteiger charge is 2.50. The Morgan fingerprint density at radius 3 is 1.83 bits per heavy atom. The lowest BCUT2D eigenvalue weighted by atomic mass is 9.97. The van der Waals surface area contributed by atoms with Gasteiger partial charge in [0.05, 0.1) is 13.2 Å². The highest BCUT2D eigenvalue weighted by Crippen LogP contribution is 2.28. The number of hydrogen-bond donors (Lipinski definition) is 8. The van der Waals surface area contributed by atoms with Gasteiger partial charge < -0.3 is 55.1 Å². The van der Waals surface area contributed by atoms with Crippen molar-refractivity contribution in [3.8, 4) is 0 Å². The SMILES string of the molecule is OC[C@@H]1O[C@H](O)[C@@H](O)[C@H](O)[C@H]1O[C@@H]1O[C@H](CO)C(O)[C@H](O)[C@H]1O. The van der Waals surface area contributed by atoms with E-state index >= 15 is 0 Å². The zero-order valence-electron chi connectivity index (χ0n) is 12.0. The van der Waals surface area contributed by atoms with E-state index in [0.717, 1.165) is 0 Å². The van der Waals surface area contributed by atoms with Crippen LogP contribution in [0.5, 0.6) is 0 Å². The third-order valence-electron chi connectivity index (χ3n) is 3.98. The average molecular weight is 342 g/mol. The van der Waals surface area contributed by atoms with E-state index in [2.05, 4.69) is 0 Å². The van der Waals surface area contributed by atoms with E-state index in [9.17, 15) is 35.7 Å². The normalized spacial score (nSPS) is 51.7.